The first-order chi connectivity index (χ1) is 33.4. The van der Waals surface area contributed by atoms with Gasteiger partial charge in [0.2, 0.25) is 5.91 Å². The monoisotopic (exact) mass is 995 g/mol. The topological polar surface area (TPSA) is 114 Å². The maximum absolute atomic E-state index is 13.5. The van der Waals surface area contributed by atoms with Crippen molar-refractivity contribution in [2.75, 3.05) is 40.9 Å². The van der Waals surface area contributed by atoms with E-state index in [4.69, 9.17) is 13.8 Å². The third-order valence-electron chi connectivity index (χ3n) is 13.4. The van der Waals surface area contributed by atoms with E-state index in [1.54, 1.807) is 0 Å². The summed E-state index contributed by atoms with van der Waals surface area (Å²) in [4.78, 5) is 39.9. The van der Waals surface area contributed by atoms with Crippen LogP contribution in [-0.2, 0) is 27.9 Å². The number of ether oxygens (including phenoxy) is 1. The second kappa shape index (κ2) is 50.0. The van der Waals surface area contributed by atoms with Gasteiger partial charge in [0.1, 0.15) is 19.3 Å². The summed E-state index contributed by atoms with van der Waals surface area (Å²) in [5.41, 5.74) is 0. The molecule has 0 saturated carbocycles. The van der Waals surface area contributed by atoms with E-state index < -0.39 is 20.0 Å². The molecule has 0 rings (SSSR count). The van der Waals surface area contributed by atoms with Crippen molar-refractivity contribution < 1.29 is 37.3 Å². The third kappa shape index (κ3) is 51.2. The van der Waals surface area contributed by atoms with Crippen molar-refractivity contribution in [2.45, 2.75) is 303 Å². The van der Waals surface area contributed by atoms with Gasteiger partial charge in [-0.3, -0.25) is 14.2 Å². The maximum Gasteiger partial charge on any atom is 0.306 e. The zero-order valence-electron chi connectivity index (χ0n) is 46.5. The number of carbonyl (C=O) groups excluding carboxylic acids is 2. The van der Waals surface area contributed by atoms with Crippen molar-refractivity contribution in [1.82, 2.24) is 5.32 Å². The average molecular weight is 996 g/mol. The zero-order valence-corrected chi connectivity index (χ0v) is 47.4. The number of phosphoric ester groups is 1. The van der Waals surface area contributed by atoms with Crippen LogP contribution in [0.2, 0.25) is 0 Å². The highest BCUT2D eigenvalue weighted by molar-refractivity contribution is 7.45. The molecule has 10 heteroatoms. The summed E-state index contributed by atoms with van der Waals surface area (Å²) < 4.78 is 30.3. The second-order valence-corrected chi connectivity index (χ2v) is 22.9. The lowest BCUT2D eigenvalue weighted by Gasteiger charge is -2.30. The number of nitrogens with zero attached hydrogens (tertiary/aromatic N) is 1. The molecule has 9 nitrogen and oxygen atoms in total. The molecular formula is C59H115N2O7P. The van der Waals surface area contributed by atoms with Crippen LogP contribution < -0.4 is 10.2 Å². The van der Waals surface area contributed by atoms with Crippen LogP contribution in [-0.4, -0.2) is 69.4 Å². The summed E-state index contributed by atoms with van der Waals surface area (Å²) in [6, 6.07) is -0.887. The Balaban J connectivity index is 5.34. The molecule has 0 aromatic heterocycles. The number of quaternary nitrogens is 1. The first kappa shape index (κ1) is 67.5. The van der Waals surface area contributed by atoms with Crippen molar-refractivity contribution in [2.24, 2.45) is 0 Å². The first-order valence-corrected chi connectivity index (χ1v) is 31.1. The van der Waals surface area contributed by atoms with Crippen molar-refractivity contribution in [3.05, 3.63) is 24.3 Å². The third-order valence-corrected chi connectivity index (χ3v) is 14.3. The number of esters is 1. The molecule has 408 valence electrons. The Labute approximate surface area is 428 Å². The molecule has 1 amide bonds. The van der Waals surface area contributed by atoms with E-state index in [2.05, 4.69) is 38.2 Å². The molecule has 0 aliphatic heterocycles. The van der Waals surface area contributed by atoms with E-state index >= 15 is 0 Å². The maximum atomic E-state index is 13.5. The lowest BCUT2D eigenvalue weighted by molar-refractivity contribution is -0.870. The molecule has 0 aromatic rings. The van der Waals surface area contributed by atoms with Gasteiger partial charge >= 0.3 is 5.97 Å². The Bertz CT molecular complexity index is 1240. The number of nitrogens with one attached hydrogen (secondary N) is 1. The minimum absolute atomic E-state index is 0.0210. The predicted molar refractivity (Wildman–Crippen MR) is 293 cm³/mol. The molecule has 0 heterocycles. The number of carbonyl (C=O) groups is 2. The number of hydrogen-bond donors (Lipinski definition) is 1. The largest absolute Gasteiger partial charge is 0.756 e. The molecule has 0 aliphatic rings. The quantitative estimate of drug-likeness (QED) is 0.0212. The van der Waals surface area contributed by atoms with Crippen LogP contribution in [0.25, 0.3) is 0 Å². The molecule has 0 spiro atoms. The molecule has 69 heavy (non-hydrogen) atoms. The number of unbranched alkanes of at least 4 members (excludes halogenated alkanes) is 36. The number of rotatable bonds is 54. The Kier molecular flexibility index (Phi) is 48.9. The highest BCUT2D eigenvalue weighted by Crippen LogP contribution is 2.38. The Morgan fingerprint density at radius 2 is 0.841 bits per heavy atom. The van der Waals surface area contributed by atoms with Gasteiger partial charge in [-0.1, -0.05) is 244 Å². The summed E-state index contributed by atoms with van der Waals surface area (Å²) in [6.45, 7) is 6.86. The molecule has 0 bridgehead atoms. The molecule has 0 radical (unpaired) electrons. The molecular weight excluding hydrogens is 880 g/mol. The number of allylic oxidation sites excluding steroid dienone is 3. The lowest BCUT2D eigenvalue weighted by Crippen LogP contribution is -2.47. The van der Waals surface area contributed by atoms with Crippen LogP contribution in [0.15, 0.2) is 24.3 Å². The number of amides is 1. The molecule has 0 saturated heterocycles. The molecule has 3 unspecified atom stereocenters. The van der Waals surface area contributed by atoms with E-state index in [1.165, 1.54) is 186 Å². The van der Waals surface area contributed by atoms with E-state index in [0.717, 1.165) is 64.2 Å². The van der Waals surface area contributed by atoms with Gasteiger partial charge in [-0.25, -0.2) is 0 Å². The van der Waals surface area contributed by atoms with Crippen molar-refractivity contribution >= 4 is 19.7 Å². The van der Waals surface area contributed by atoms with Gasteiger partial charge < -0.3 is 28.5 Å². The molecule has 0 fully saturated rings. The van der Waals surface area contributed by atoms with E-state index in [9.17, 15) is 19.0 Å². The molecule has 0 aromatic carbocycles. The smallest absolute Gasteiger partial charge is 0.306 e. The fourth-order valence-electron chi connectivity index (χ4n) is 8.75. The van der Waals surface area contributed by atoms with Gasteiger partial charge in [-0.15, -0.1) is 0 Å². The van der Waals surface area contributed by atoms with Gasteiger partial charge in [-0.2, -0.15) is 0 Å². The molecule has 0 aliphatic carbocycles. The lowest BCUT2D eigenvalue weighted by atomic mass is 10.0. The van der Waals surface area contributed by atoms with Gasteiger partial charge in [-0.05, 0) is 57.4 Å². The van der Waals surface area contributed by atoms with Crippen molar-refractivity contribution in [1.29, 1.82) is 0 Å². The fourth-order valence-corrected chi connectivity index (χ4v) is 9.48. The first-order valence-electron chi connectivity index (χ1n) is 29.6. The van der Waals surface area contributed by atoms with E-state index in [-0.39, 0.29) is 31.5 Å². The Hall–Kier alpha value is -1.51. The average Bonchev–Trinajstić information content (AvgIpc) is 3.31. The van der Waals surface area contributed by atoms with Crippen LogP contribution in [0.3, 0.4) is 0 Å². The molecule has 3 atom stereocenters. The summed E-state index contributed by atoms with van der Waals surface area (Å²) in [7, 11) is 1.19. The van der Waals surface area contributed by atoms with Gasteiger partial charge in [0, 0.05) is 12.8 Å². The summed E-state index contributed by atoms with van der Waals surface area (Å²) in [5, 5.41) is 3.03. The van der Waals surface area contributed by atoms with Gasteiger partial charge in [0.25, 0.3) is 7.82 Å². The number of phosphoric acid groups is 1. The zero-order chi connectivity index (χ0) is 50.8. The Morgan fingerprint density at radius 1 is 0.493 bits per heavy atom. The summed E-state index contributed by atoms with van der Waals surface area (Å²) >= 11 is 0. The summed E-state index contributed by atoms with van der Waals surface area (Å²) in [5.74, 6) is -0.545. The van der Waals surface area contributed by atoms with Crippen LogP contribution in [0.4, 0.5) is 0 Å². The normalized spacial score (nSPS) is 13.9. The fraction of sp³-hybridized carbons (Fsp3) is 0.898. The highest BCUT2D eigenvalue weighted by atomic mass is 31.2. The van der Waals surface area contributed by atoms with Crippen molar-refractivity contribution in [3.63, 3.8) is 0 Å². The van der Waals surface area contributed by atoms with Crippen LogP contribution in [0.1, 0.15) is 290 Å². The Morgan fingerprint density at radius 3 is 1.25 bits per heavy atom. The van der Waals surface area contributed by atoms with Crippen LogP contribution in [0, 0.1) is 0 Å². The second-order valence-electron chi connectivity index (χ2n) is 21.5. The number of likely N-dealkylation sites (N-methyl/N-ethyl adjacent to an activating group) is 1. The SMILES string of the molecule is CCCCCCCCC/C=C\CCCCCC(=O)OC(/C=C/CCCCCCCCCCCCC)C(COP(=O)([O-])OCC[N+](C)(C)C)NC(=O)CCCCCCCCCCCCCCCCCC. The highest BCUT2D eigenvalue weighted by Gasteiger charge is 2.27. The van der Waals surface area contributed by atoms with Gasteiger partial charge in [0.05, 0.1) is 33.8 Å². The standard InChI is InChI=1S/C59H115N2O7P/c1-7-10-13-16-19-22-25-28-30-31-33-36-39-42-45-48-51-58(62)60-56(55-67-69(64,65)66-54-53-61(4,5)6)57(50-47-44-41-38-35-32-27-24-21-18-15-12-9-3)68-59(63)52-49-46-43-40-37-34-29-26-23-20-17-14-11-8-2/h34,37,47,50,56-57H,7-33,35-36,38-46,48-49,51-55H2,1-6H3,(H-,60,62,64,65)/b37-34-,50-47+. The molecule has 1 N–H and O–H groups in total. The van der Waals surface area contributed by atoms with E-state index in [0.29, 0.717) is 23.9 Å². The minimum atomic E-state index is -4.69. The number of hydrogen-bond acceptors (Lipinski definition) is 7. The van der Waals surface area contributed by atoms with E-state index in [1.807, 2.05) is 33.3 Å². The van der Waals surface area contributed by atoms with Crippen molar-refractivity contribution in [3.8, 4) is 0 Å². The van der Waals surface area contributed by atoms with Crippen LogP contribution >= 0.6 is 7.82 Å². The minimum Gasteiger partial charge on any atom is -0.756 e. The van der Waals surface area contributed by atoms with Crippen LogP contribution in [0.5, 0.6) is 0 Å². The van der Waals surface area contributed by atoms with Gasteiger partial charge in [0.15, 0.2) is 0 Å². The summed E-state index contributed by atoms with van der Waals surface area (Å²) in [6.07, 6.45) is 57.1. The predicted octanol–water partition coefficient (Wildman–Crippen LogP) is 17.1.